The van der Waals surface area contributed by atoms with E-state index in [-0.39, 0.29) is 12.2 Å². The molecule has 2 aromatic carbocycles. The van der Waals surface area contributed by atoms with Gasteiger partial charge in [0.1, 0.15) is 5.57 Å². The summed E-state index contributed by atoms with van der Waals surface area (Å²) in [5, 5.41) is 10.9. The van der Waals surface area contributed by atoms with Crippen molar-refractivity contribution in [1.29, 1.82) is 0 Å². The SMILES string of the molecule is CCOC(=O)C1=C(O)C(=O)N(c2ccc(Cl)cc2)C1c1cccc(Br)c1. The lowest BCUT2D eigenvalue weighted by molar-refractivity contribution is -0.139. The average molecular weight is 437 g/mol. The predicted octanol–water partition coefficient (Wildman–Crippen LogP) is 4.57. The molecule has 1 aliphatic heterocycles. The maximum Gasteiger partial charge on any atom is 0.340 e. The molecule has 0 aliphatic carbocycles. The minimum absolute atomic E-state index is 0.0788. The maximum atomic E-state index is 12.7. The summed E-state index contributed by atoms with van der Waals surface area (Å²) in [7, 11) is 0. The molecule has 0 bridgehead atoms. The van der Waals surface area contributed by atoms with E-state index >= 15 is 0 Å². The molecule has 5 nitrogen and oxygen atoms in total. The van der Waals surface area contributed by atoms with E-state index in [4.69, 9.17) is 16.3 Å². The minimum Gasteiger partial charge on any atom is -0.503 e. The van der Waals surface area contributed by atoms with Gasteiger partial charge in [-0.3, -0.25) is 9.69 Å². The number of rotatable bonds is 4. The number of anilines is 1. The van der Waals surface area contributed by atoms with Gasteiger partial charge in [-0.05, 0) is 48.9 Å². The Kier molecular flexibility index (Phi) is 5.34. The Bertz CT molecular complexity index is 895. The molecular formula is C19H15BrClNO4. The maximum absolute atomic E-state index is 12.7. The molecule has 1 atom stereocenters. The summed E-state index contributed by atoms with van der Waals surface area (Å²) < 4.78 is 5.85. The van der Waals surface area contributed by atoms with Gasteiger partial charge >= 0.3 is 5.97 Å². The second kappa shape index (κ2) is 7.51. The number of carbonyl (C=O) groups is 2. The molecule has 0 saturated heterocycles. The van der Waals surface area contributed by atoms with Gasteiger partial charge < -0.3 is 9.84 Å². The number of carbonyl (C=O) groups excluding carboxylic acids is 2. The van der Waals surface area contributed by atoms with Gasteiger partial charge in [0.15, 0.2) is 5.76 Å². The summed E-state index contributed by atoms with van der Waals surface area (Å²) in [6.07, 6.45) is 0. The number of esters is 1. The third-order valence-corrected chi connectivity index (χ3v) is 4.72. The zero-order chi connectivity index (χ0) is 18.8. The van der Waals surface area contributed by atoms with Crippen molar-refractivity contribution in [2.75, 3.05) is 11.5 Å². The highest BCUT2D eigenvalue weighted by atomic mass is 79.9. The molecule has 1 heterocycles. The van der Waals surface area contributed by atoms with Crippen LogP contribution < -0.4 is 4.90 Å². The lowest BCUT2D eigenvalue weighted by atomic mass is 9.99. The molecule has 26 heavy (non-hydrogen) atoms. The average Bonchev–Trinajstić information content (AvgIpc) is 2.88. The van der Waals surface area contributed by atoms with E-state index < -0.39 is 23.7 Å². The first-order chi connectivity index (χ1) is 12.4. The van der Waals surface area contributed by atoms with Gasteiger partial charge in [-0.15, -0.1) is 0 Å². The van der Waals surface area contributed by atoms with Crippen molar-refractivity contribution in [2.24, 2.45) is 0 Å². The monoisotopic (exact) mass is 435 g/mol. The Labute approximate surface area is 164 Å². The lowest BCUT2D eigenvalue weighted by Crippen LogP contribution is -2.31. The summed E-state index contributed by atoms with van der Waals surface area (Å²) in [6.45, 7) is 1.80. The molecule has 0 fully saturated rings. The van der Waals surface area contributed by atoms with Crippen molar-refractivity contribution in [1.82, 2.24) is 0 Å². The Morgan fingerprint density at radius 1 is 1.27 bits per heavy atom. The van der Waals surface area contributed by atoms with E-state index in [1.165, 1.54) is 4.90 Å². The summed E-state index contributed by atoms with van der Waals surface area (Å²) in [6, 6.07) is 13.0. The Balaban J connectivity index is 2.16. The molecule has 2 aromatic rings. The van der Waals surface area contributed by atoms with Crippen LogP contribution in [0.15, 0.2) is 64.3 Å². The number of hydrogen-bond acceptors (Lipinski definition) is 4. The van der Waals surface area contributed by atoms with Crippen molar-refractivity contribution >= 4 is 45.1 Å². The summed E-state index contributed by atoms with van der Waals surface area (Å²) in [5.41, 5.74) is 1.09. The van der Waals surface area contributed by atoms with Crippen LogP contribution >= 0.6 is 27.5 Å². The van der Waals surface area contributed by atoms with Crippen molar-refractivity contribution in [3.63, 3.8) is 0 Å². The van der Waals surface area contributed by atoms with Crippen LogP contribution in [0, 0.1) is 0 Å². The van der Waals surface area contributed by atoms with Gasteiger partial charge in [0.05, 0.1) is 12.6 Å². The van der Waals surface area contributed by atoms with E-state index in [2.05, 4.69) is 15.9 Å². The second-order valence-electron chi connectivity index (χ2n) is 5.59. The fraction of sp³-hybridized carbons (Fsp3) is 0.158. The zero-order valence-corrected chi connectivity index (χ0v) is 16.1. The number of halogens is 2. The van der Waals surface area contributed by atoms with Gasteiger partial charge in [-0.25, -0.2) is 4.79 Å². The lowest BCUT2D eigenvalue weighted by Gasteiger charge is -2.26. The van der Waals surface area contributed by atoms with Crippen LogP contribution in [0.1, 0.15) is 18.5 Å². The largest absolute Gasteiger partial charge is 0.503 e. The molecule has 7 heteroatoms. The molecular weight excluding hydrogens is 422 g/mol. The van der Waals surface area contributed by atoms with Crippen molar-refractivity contribution in [3.8, 4) is 0 Å². The highest BCUT2D eigenvalue weighted by molar-refractivity contribution is 9.10. The molecule has 3 rings (SSSR count). The molecule has 1 aliphatic rings. The van der Waals surface area contributed by atoms with E-state index in [0.29, 0.717) is 16.3 Å². The second-order valence-corrected chi connectivity index (χ2v) is 6.94. The van der Waals surface area contributed by atoms with Crippen LogP contribution in [0.4, 0.5) is 5.69 Å². The molecule has 0 aromatic heterocycles. The van der Waals surface area contributed by atoms with Gasteiger partial charge in [0.2, 0.25) is 0 Å². The normalized spacial score (nSPS) is 17.0. The molecule has 1 unspecified atom stereocenters. The highest BCUT2D eigenvalue weighted by Gasteiger charge is 2.45. The number of amides is 1. The van der Waals surface area contributed by atoms with Gasteiger partial charge in [-0.2, -0.15) is 0 Å². The fourth-order valence-corrected chi connectivity index (χ4v) is 3.43. The van der Waals surface area contributed by atoms with E-state index in [0.717, 1.165) is 4.47 Å². The topological polar surface area (TPSA) is 66.8 Å². The fourth-order valence-electron chi connectivity index (χ4n) is 2.88. The van der Waals surface area contributed by atoms with E-state index in [1.807, 2.05) is 6.07 Å². The number of benzene rings is 2. The van der Waals surface area contributed by atoms with Crippen molar-refractivity contribution in [2.45, 2.75) is 13.0 Å². The number of aliphatic hydroxyl groups excluding tert-OH is 1. The van der Waals surface area contributed by atoms with E-state index in [1.54, 1.807) is 49.4 Å². The Hall–Kier alpha value is -2.31. The molecule has 134 valence electrons. The first-order valence-electron chi connectivity index (χ1n) is 7.89. The molecule has 0 spiro atoms. The van der Waals surface area contributed by atoms with Gasteiger partial charge in [0, 0.05) is 15.2 Å². The summed E-state index contributed by atoms with van der Waals surface area (Å²) in [5.74, 6) is -2.00. The van der Waals surface area contributed by atoms with Crippen LogP contribution in [-0.4, -0.2) is 23.6 Å². The molecule has 0 radical (unpaired) electrons. The molecule has 1 N–H and O–H groups in total. The number of hydrogen-bond donors (Lipinski definition) is 1. The minimum atomic E-state index is -0.805. The Morgan fingerprint density at radius 3 is 2.58 bits per heavy atom. The zero-order valence-electron chi connectivity index (χ0n) is 13.8. The van der Waals surface area contributed by atoms with Gasteiger partial charge in [0.25, 0.3) is 5.91 Å². The third kappa shape index (κ3) is 3.34. The number of nitrogens with zero attached hydrogens (tertiary/aromatic N) is 1. The predicted molar refractivity (Wildman–Crippen MR) is 102 cm³/mol. The first kappa shape index (κ1) is 18.5. The third-order valence-electron chi connectivity index (χ3n) is 3.97. The van der Waals surface area contributed by atoms with E-state index in [9.17, 15) is 14.7 Å². The highest BCUT2D eigenvalue weighted by Crippen LogP contribution is 2.41. The number of aliphatic hydroxyl groups is 1. The van der Waals surface area contributed by atoms with Gasteiger partial charge in [-0.1, -0.05) is 39.7 Å². The molecule has 0 saturated carbocycles. The van der Waals surface area contributed by atoms with Crippen LogP contribution in [0.2, 0.25) is 5.02 Å². The molecule has 1 amide bonds. The number of ether oxygens (including phenoxy) is 1. The summed E-state index contributed by atoms with van der Waals surface area (Å²) in [4.78, 5) is 26.6. The van der Waals surface area contributed by atoms with Crippen molar-refractivity contribution in [3.05, 3.63) is 74.9 Å². The van der Waals surface area contributed by atoms with Crippen LogP contribution in [0.5, 0.6) is 0 Å². The smallest absolute Gasteiger partial charge is 0.340 e. The van der Waals surface area contributed by atoms with Crippen LogP contribution in [-0.2, 0) is 14.3 Å². The van der Waals surface area contributed by atoms with Crippen LogP contribution in [0.25, 0.3) is 0 Å². The first-order valence-corrected chi connectivity index (χ1v) is 9.06. The quantitative estimate of drug-likeness (QED) is 0.713. The summed E-state index contributed by atoms with van der Waals surface area (Å²) >= 11 is 9.33. The van der Waals surface area contributed by atoms with Crippen LogP contribution in [0.3, 0.4) is 0 Å². The Morgan fingerprint density at radius 2 is 1.96 bits per heavy atom. The van der Waals surface area contributed by atoms with Crippen molar-refractivity contribution < 1.29 is 19.4 Å². The standard InChI is InChI=1S/C19H15BrClNO4/c1-2-26-19(25)15-16(11-4-3-5-12(20)10-11)22(18(24)17(15)23)14-8-6-13(21)7-9-14/h3-10,16,23H,2H2,1H3.